The van der Waals surface area contributed by atoms with Gasteiger partial charge in [-0.3, -0.25) is 4.79 Å². The molecule has 0 bridgehead atoms. The first-order chi connectivity index (χ1) is 9.33. The number of nitrogens with one attached hydrogen (secondary N) is 2. The molecule has 3 rings (SSSR count). The topological polar surface area (TPSA) is 41.1 Å². The summed E-state index contributed by atoms with van der Waals surface area (Å²) in [4.78, 5) is 12.9. The number of carbonyl (C=O) groups excluding carboxylic acids is 1. The molecular weight excluding hydrogens is 276 g/mol. The third kappa shape index (κ3) is 3.16. The first-order valence-corrected chi connectivity index (χ1v) is 8.48. The average molecular weight is 294 g/mol. The van der Waals surface area contributed by atoms with Gasteiger partial charge in [0.25, 0.3) is 5.91 Å². The summed E-state index contributed by atoms with van der Waals surface area (Å²) in [7, 11) is 0. The predicted molar refractivity (Wildman–Crippen MR) is 82.2 cm³/mol. The molecular formula is C14H18N2OS2. The number of amides is 1. The molecule has 2 aromatic heterocycles. The summed E-state index contributed by atoms with van der Waals surface area (Å²) >= 11 is 3.28. The predicted octanol–water partition coefficient (Wildman–Crippen LogP) is 3.08. The third-order valence-electron chi connectivity index (χ3n) is 3.60. The highest BCUT2D eigenvalue weighted by Gasteiger charge is 2.14. The van der Waals surface area contributed by atoms with Gasteiger partial charge in [0.1, 0.15) is 0 Å². The first kappa shape index (κ1) is 13.1. The zero-order valence-corrected chi connectivity index (χ0v) is 12.4. The van der Waals surface area contributed by atoms with Crippen LogP contribution in [0.2, 0.25) is 0 Å². The summed E-state index contributed by atoms with van der Waals surface area (Å²) in [6, 6.07) is 4.08. The lowest BCUT2D eigenvalue weighted by atomic mass is 9.96. The smallest absolute Gasteiger partial charge is 0.261 e. The second kappa shape index (κ2) is 6.03. The van der Waals surface area contributed by atoms with Crippen molar-refractivity contribution in [3.63, 3.8) is 0 Å². The van der Waals surface area contributed by atoms with Crippen LogP contribution in [0, 0.1) is 5.92 Å². The second-order valence-corrected chi connectivity index (χ2v) is 7.05. The molecule has 1 unspecified atom stereocenters. The van der Waals surface area contributed by atoms with Gasteiger partial charge in [-0.15, -0.1) is 22.7 Å². The van der Waals surface area contributed by atoms with Gasteiger partial charge in [-0.2, -0.15) is 0 Å². The normalized spacial score (nSPS) is 19.7. The Labute approximate surface area is 121 Å². The van der Waals surface area contributed by atoms with Gasteiger partial charge in [0, 0.05) is 15.9 Å². The third-order valence-corrected chi connectivity index (χ3v) is 5.69. The van der Waals surface area contributed by atoms with Crippen LogP contribution in [0.4, 0.5) is 0 Å². The lowest BCUT2D eigenvalue weighted by Crippen LogP contribution is -2.33. The van der Waals surface area contributed by atoms with Gasteiger partial charge < -0.3 is 10.6 Å². The Morgan fingerprint density at radius 3 is 3.21 bits per heavy atom. The molecule has 1 atom stereocenters. The number of hydrogen-bond donors (Lipinski definition) is 2. The van der Waals surface area contributed by atoms with E-state index in [1.807, 2.05) is 6.07 Å². The second-order valence-electron chi connectivity index (χ2n) is 5.02. The summed E-state index contributed by atoms with van der Waals surface area (Å²) in [5.41, 5.74) is 0. The van der Waals surface area contributed by atoms with Gasteiger partial charge in [0.2, 0.25) is 0 Å². The number of carbonyl (C=O) groups is 1. The minimum absolute atomic E-state index is 0.0807. The molecule has 102 valence electrons. The van der Waals surface area contributed by atoms with Crippen LogP contribution in [-0.2, 0) is 0 Å². The minimum Gasteiger partial charge on any atom is -0.351 e. The van der Waals surface area contributed by atoms with Crippen molar-refractivity contribution < 1.29 is 4.79 Å². The zero-order chi connectivity index (χ0) is 13.1. The molecule has 1 amide bonds. The van der Waals surface area contributed by atoms with E-state index in [0.717, 1.165) is 36.9 Å². The van der Waals surface area contributed by atoms with E-state index in [1.54, 1.807) is 22.7 Å². The van der Waals surface area contributed by atoms with E-state index in [-0.39, 0.29) is 5.91 Å². The summed E-state index contributed by atoms with van der Waals surface area (Å²) in [5.74, 6) is 0.804. The van der Waals surface area contributed by atoms with Crippen molar-refractivity contribution in [1.82, 2.24) is 10.6 Å². The molecule has 0 radical (unpaired) electrons. The number of thiophene rings is 2. The van der Waals surface area contributed by atoms with E-state index in [4.69, 9.17) is 0 Å². The Morgan fingerprint density at radius 1 is 1.47 bits per heavy atom. The number of piperidine rings is 1. The van der Waals surface area contributed by atoms with Gasteiger partial charge in [-0.05, 0) is 55.8 Å². The fourth-order valence-electron chi connectivity index (χ4n) is 2.53. The van der Waals surface area contributed by atoms with Gasteiger partial charge in [0.15, 0.2) is 0 Å². The number of rotatable bonds is 4. The van der Waals surface area contributed by atoms with Crippen molar-refractivity contribution in [2.75, 3.05) is 19.6 Å². The maximum atomic E-state index is 12.0. The van der Waals surface area contributed by atoms with Crippen molar-refractivity contribution >= 4 is 38.0 Å². The van der Waals surface area contributed by atoms with Crippen LogP contribution in [0.3, 0.4) is 0 Å². The number of fused-ring (bicyclic) bond motifs is 1. The van der Waals surface area contributed by atoms with Crippen molar-refractivity contribution in [2.24, 2.45) is 5.92 Å². The Morgan fingerprint density at radius 2 is 2.42 bits per heavy atom. The van der Waals surface area contributed by atoms with Crippen molar-refractivity contribution in [1.29, 1.82) is 0 Å². The number of hydrogen-bond acceptors (Lipinski definition) is 4. The van der Waals surface area contributed by atoms with E-state index in [9.17, 15) is 4.79 Å². The van der Waals surface area contributed by atoms with E-state index in [0.29, 0.717) is 0 Å². The molecule has 1 fully saturated rings. The highest BCUT2D eigenvalue weighted by atomic mass is 32.1. The Kier molecular flexibility index (Phi) is 4.15. The SMILES string of the molecule is O=C(NCCC1CCCNC1)c1cc2sccc2s1. The van der Waals surface area contributed by atoms with Crippen LogP contribution < -0.4 is 10.6 Å². The molecule has 1 saturated heterocycles. The van der Waals surface area contributed by atoms with Crippen molar-refractivity contribution in [3.8, 4) is 0 Å². The summed E-state index contributed by atoms with van der Waals surface area (Å²) in [6.45, 7) is 3.04. The molecule has 2 N–H and O–H groups in total. The van der Waals surface area contributed by atoms with Crippen LogP contribution >= 0.6 is 22.7 Å². The Bertz CT molecular complexity index is 526. The van der Waals surface area contributed by atoms with Crippen LogP contribution in [0.15, 0.2) is 17.5 Å². The van der Waals surface area contributed by atoms with Gasteiger partial charge in [-0.25, -0.2) is 0 Å². The van der Waals surface area contributed by atoms with Crippen molar-refractivity contribution in [2.45, 2.75) is 19.3 Å². The van der Waals surface area contributed by atoms with Gasteiger partial charge in [-0.1, -0.05) is 0 Å². The van der Waals surface area contributed by atoms with E-state index >= 15 is 0 Å². The molecule has 0 aliphatic carbocycles. The molecule has 19 heavy (non-hydrogen) atoms. The molecule has 1 aliphatic rings. The van der Waals surface area contributed by atoms with E-state index < -0.39 is 0 Å². The quantitative estimate of drug-likeness (QED) is 0.910. The van der Waals surface area contributed by atoms with Gasteiger partial charge in [0.05, 0.1) is 4.88 Å². The molecule has 3 heterocycles. The fraction of sp³-hybridized carbons (Fsp3) is 0.500. The molecule has 3 nitrogen and oxygen atoms in total. The highest BCUT2D eigenvalue weighted by Crippen LogP contribution is 2.29. The van der Waals surface area contributed by atoms with Crippen LogP contribution in [0.1, 0.15) is 28.9 Å². The molecule has 0 saturated carbocycles. The van der Waals surface area contributed by atoms with Crippen LogP contribution in [0.5, 0.6) is 0 Å². The van der Waals surface area contributed by atoms with Crippen LogP contribution in [0.25, 0.3) is 9.40 Å². The standard InChI is InChI=1S/C14H18N2OS2/c17-14(13-8-12-11(19-13)4-7-18-12)16-6-3-10-2-1-5-15-9-10/h4,7-8,10,15H,1-3,5-6,9H2,(H,16,17). The summed E-state index contributed by atoms with van der Waals surface area (Å²) in [6.07, 6.45) is 3.63. The largest absolute Gasteiger partial charge is 0.351 e. The Hall–Kier alpha value is -0.910. The minimum atomic E-state index is 0.0807. The average Bonchev–Trinajstić information content (AvgIpc) is 3.00. The van der Waals surface area contributed by atoms with Crippen molar-refractivity contribution in [3.05, 3.63) is 22.4 Å². The summed E-state index contributed by atoms with van der Waals surface area (Å²) < 4.78 is 2.43. The molecule has 1 aliphatic heterocycles. The van der Waals surface area contributed by atoms with E-state index in [2.05, 4.69) is 22.1 Å². The maximum Gasteiger partial charge on any atom is 0.261 e. The monoisotopic (exact) mass is 294 g/mol. The van der Waals surface area contributed by atoms with Crippen LogP contribution in [-0.4, -0.2) is 25.5 Å². The highest BCUT2D eigenvalue weighted by molar-refractivity contribution is 7.27. The molecule has 2 aromatic rings. The first-order valence-electron chi connectivity index (χ1n) is 6.79. The van der Waals surface area contributed by atoms with Gasteiger partial charge >= 0.3 is 0 Å². The lowest BCUT2D eigenvalue weighted by Gasteiger charge is -2.22. The molecule has 0 spiro atoms. The lowest BCUT2D eigenvalue weighted by molar-refractivity contribution is 0.0955. The molecule has 0 aromatic carbocycles. The van der Waals surface area contributed by atoms with E-state index in [1.165, 1.54) is 22.2 Å². The maximum absolute atomic E-state index is 12.0. The zero-order valence-electron chi connectivity index (χ0n) is 10.8. The Balaban J connectivity index is 1.49. The summed E-state index contributed by atoms with van der Waals surface area (Å²) in [5, 5.41) is 8.52. The molecule has 5 heteroatoms. The fourth-order valence-corrected chi connectivity index (χ4v) is 4.55.